The molecule has 0 spiro atoms. The molecule has 6 heteroatoms. The highest BCUT2D eigenvalue weighted by Gasteiger charge is 2.33. The highest BCUT2D eigenvalue weighted by molar-refractivity contribution is 9.10. The molecule has 2 rings (SSSR count). The van der Waals surface area contributed by atoms with Crippen LogP contribution in [0.2, 0.25) is 0 Å². The first-order chi connectivity index (χ1) is 9.17. The van der Waals surface area contributed by atoms with Gasteiger partial charge in [0.05, 0.1) is 47.8 Å². The molecule has 0 amide bonds. The summed E-state index contributed by atoms with van der Waals surface area (Å²) in [6.07, 6.45) is 4.58. The van der Waals surface area contributed by atoms with Crippen LogP contribution in [0.3, 0.4) is 0 Å². The minimum Gasteiger partial charge on any atom is -0.383 e. The lowest BCUT2D eigenvalue weighted by Gasteiger charge is -2.24. The van der Waals surface area contributed by atoms with E-state index in [0.29, 0.717) is 12.7 Å². The molecular formula is C13H22BrN3O2. The molecule has 0 radical (unpaired) electrons. The molecule has 1 fully saturated rings. The summed E-state index contributed by atoms with van der Waals surface area (Å²) < 4.78 is 14.1. The lowest BCUT2D eigenvalue weighted by Crippen LogP contribution is -2.32. The van der Waals surface area contributed by atoms with Crippen molar-refractivity contribution in [2.24, 2.45) is 0 Å². The fourth-order valence-electron chi connectivity index (χ4n) is 2.61. The van der Waals surface area contributed by atoms with Crippen LogP contribution >= 0.6 is 15.9 Å². The van der Waals surface area contributed by atoms with Crippen LogP contribution in [0.1, 0.15) is 31.5 Å². The summed E-state index contributed by atoms with van der Waals surface area (Å²) in [6, 6.07) is 0.152. The maximum atomic E-state index is 6.00. The monoisotopic (exact) mass is 331 g/mol. The van der Waals surface area contributed by atoms with E-state index in [2.05, 4.69) is 33.3 Å². The van der Waals surface area contributed by atoms with Crippen molar-refractivity contribution in [3.63, 3.8) is 0 Å². The van der Waals surface area contributed by atoms with Crippen molar-refractivity contribution in [3.8, 4) is 0 Å². The van der Waals surface area contributed by atoms with E-state index in [1.54, 1.807) is 7.11 Å². The number of halogens is 1. The molecular weight excluding hydrogens is 310 g/mol. The molecule has 1 aliphatic heterocycles. The lowest BCUT2D eigenvalue weighted by molar-refractivity contribution is 0.0309. The summed E-state index contributed by atoms with van der Waals surface area (Å²) in [4.78, 5) is 0. The summed E-state index contributed by atoms with van der Waals surface area (Å²) in [5, 5.41) is 7.77. The van der Waals surface area contributed by atoms with Crippen molar-refractivity contribution in [2.45, 2.75) is 44.6 Å². The van der Waals surface area contributed by atoms with Crippen molar-refractivity contribution < 1.29 is 9.47 Å². The summed E-state index contributed by atoms with van der Waals surface area (Å²) >= 11 is 3.59. The largest absolute Gasteiger partial charge is 0.383 e. The van der Waals surface area contributed by atoms with E-state index in [1.165, 1.54) is 0 Å². The third kappa shape index (κ3) is 3.37. The Bertz CT molecular complexity index is 411. The van der Waals surface area contributed by atoms with E-state index in [0.717, 1.165) is 29.6 Å². The molecule has 19 heavy (non-hydrogen) atoms. The van der Waals surface area contributed by atoms with Gasteiger partial charge in [0, 0.05) is 7.11 Å². The third-order valence-electron chi connectivity index (χ3n) is 3.58. The summed E-state index contributed by atoms with van der Waals surface area (Å²) in [5.41, 5.74) is 1.14. The Morgan fingerprint density at radius 3 is 3.00 bits per heavy atom. The zero-order chi connectivity index (χ0) is 13.8. The van der Waals surface area contributed by atoms with Crippen molar-refractivity contribution in [2.75, 3.05) is 20.8 Å². The second-order valence-electron chi connectivity index (χ2n) is 4.92. The first-order valence-electron chi connectivity index (χ1n) is 6.70. The maximum Gasteiger partial charge on any atom is 0.0789 e. The second kappa shape index (κ2) is 6.83. The van der Waals surface area contributed by atoms with Crippen LogP contribution in [0.5, 0.6) is 0 Å². The maximum absolute atomic E-state index is 6.00. The van der Waals surface area contributed by atoms with Gasteiger partial charge in [-0.3, -0.25) is 4.68 Å². The quantitative estimate of drug-likeness (QED) is 0.867. The van der Waals surface area contributed by atoms with Crippen molar-refractivity contribution in [1.82, 2.24) is 15.1 Å². The molecule has 1 saturated heterocycles. The Kier molecular flexibility index (Phi) is 5.38. The number of methoxy groups -OCH3 is 1. The molecule has 0 bridgehead atoms. The summed E-state index contributed by atoms with van der Waals surface area (Å²) in [7, 11) is 3.67. The molecule has 0 aliphatic carbocycles. The molecule has 5 nitrogen and oxygen atoms in total. The number of hydrogen-bond acceptors (Lipinski definition) is 4. The van der Waals surface area contributed by atoms with E-state index >= 15 is 0 Å². The second-order valence-corrected chi connectivity index (χ2v) is 5.78. The lowest BCUT2D eigenvalue weighted by atomic mass is 10.0. The van der Waals surface area contributed by atoms with Gasteiger partial charge in [0.25, 0.3) is 0 Å². The molecule has 1 aromatic rings. The Morgan fingerprint density at radius 2 is 2.42 bits per heavy atom. The van der Waals surface area contributed by atoms with Gasteiger partial charge >= 0.3 is 0 Å². The molecule has 0 saturated carbocycles. The fourth-order valence-corrected chi connectivity index (χ4v) is 3.16. The van der Waals surface area contributed by atoms with Crippen LogP contribution in [0.15, 0.2) is 10.7 Å². The first kappa shape index (κ1) is 15.0. The molecule has 3 atom stereocenters. The fraction of sp³-hybridized carbons (Fsp3) is 0.769. The molecule has 1 aliphatic rings. The Morgan fingerprint density at radius 1 is 1.63 bits per heavy atom. The van der Waals surface area contributed by atoms with Gasteiger partial charge in [-0.05, 0) is 42.7 Å². The van der Waals surface area contributed by atoms with Gasteiger partial charge < -0.3 is 14.8 Å². The van der Waals surface area contributed by atoms with Gasteiger partial charge in [0.15, 0.2) is 0 Å². The van der Waals surface area contributed by atoms with Gasteiger partial charge in [-0.25, -0.2) is 0 Å². The standard InChI is InChI=1S/C13H22BrN3O2/c1-9-4-5-11(19-9)12(15-2)13-10(14)8-16-17(13)6-7-18-3/h8-9,11-12,15H,4-7H2,1-3H3. The van der Waals surface area contributed by atoms with Crippen molar-refractivity contribution >= 4 is 15.9 Å². The predicted molar refractivity (Wildman–Crippen MR) is 77.2 cm³/mol. The number of ether oxygens (including phenoxy) is 2. The average Bonchev–Trinajstić information content (AvgIpc) is 2.97. The van der Waals surface area contributed by atoms with Crippen LogP contribution in [-0.2, 0) is 16.0 Å². The highest BCUT2D eigenvalue weighted by Crippen LogP contribution is 2.33. The van der Waals surface area contributed by atoms with Gasteiger partial charge in [-0.2, -0.15) is 5.10 Å². The van der Waals surface area contributed by atoms with Gasteiger partial charge in [0.1, 0.15) is 0 Å². The van der Waals surface area contributed by atoms with Crippen LogP contribution in [0.4, 0.5) is 0 Å². The van der Waals surface area contributed by atoms with E-state index < -0.39 is 0 Å². The number of nitrogens with zero attached hydrogens (tertiary/aromatic N) is 2. The smallest absolute Gasteiger partial charge is 0.0789 e. The van der Waals surface area contributed by atoms with E-state index in [9.17, 15) is 0 Å². The molecule has 1 N–H and O–H groups in total. The van der Waals surface area contributed by atoms with Crippen molar-refractivity contribution in [3.05, 3.63) is 16.4 Å². The summed E-state index contributed by atoms with van der Waals surface area (Å²) in [5.74, 6) is 0. The number of aromatic nitrogens is 2. The van der Waals surface area contributed by atoms with Gasteiger partial charge in [-0.1, -0.05) is 0 Å². The number of nitrogens with one attached hydrogen (secondary N) is 1. The third-order valence-corrected chi connectivity index (χ3v) is 4.19. The van der Waals surface area contributed by atoms with E-state index in [-0.39, 0.29) is 12.1 Å². The first-order valence-corrected chi connectivity index (χ1v) is 7.49. The number of likely N-dealkylation sites (N-methyl/N-ethyl adjacent to an activating group) is 1. The van der Waals surface area contributed by atoms with Crippen LogP contribution in [-0.4, -0.2) is 42.8 Å². The highest BCUT2D eigenvalue weighted by atomic mass is 79.9. The van der Waals surface area contributed by atoms with Crippen LogP contribution in [0, 0.1) is 0 Å². The molecule has 3 unspecified atom stereocenters. The molecule has 2 heterocycles. The Hall–Kier alpha value is -0.430. The summed E-state index contributed by atoms with van der Waals surface area (Å²) in [6.45, 7) is 3.53. The SMILES string of the molecule is CNC(c1c(Br)cnn1CCOC)C1CCC(C)O1. The zero-order valence-corrected chi connectivity index (χ0v) is 13.3. The van der Waals surface area contributed by atoms with Crippen LogP contribution < -0.4 is 5.32 Å². The number of hydrogen-bond donors (Lipinski definition) is 1. The Balaban J connectivity index is 2.19. The zero-order valence-electron chi connectivity index (χ0n) is 11.7. The van der Waals surface area contributed by atoms with Gasteiger partial charge in [-0.15, -0.1) is 0 Å². The Labute approximate surface area is 122 Å². The normalized spacial score (nSPS) is 24.8. The van der Waals surface area contributed by atoms with E-state index in [4.69, 9.17) is 9.47 Å². The van der Waals surface area contributed by atoms with Crippen LogP contribution in [0.25, 0.3) is 0 Å². The van der Waals surface area contributed by atoms with E-state index in [1.807, 2.05) is 17.9 Å². The number of rotatable bonds is 6. The topological polar surface area (TPSA) is 48.3 Å². The van der Waals surface area contributed by atoms with Crippen molar-refractivity contribution in [1.29, 1.82) is 0 Å². The minimum absolute atomic E-state index is 0.152. The minimum atomic E-state index is 0.152. The molecule has 108 valence electrons. The van der Waals surface area contributed by atoms with Gasteiger partial charge in [0.2, 0.25) is 0 Å². The predicted octanol–water partition coefficient (Wildman–Crippen LogP) is 2.12. The molecule has 1 aromatic heterocycles. The average molecular weight is 332 g/mol. The molecule has 0 aromatic carbocycles.